The number of hydrogen-bond donors (Lipinski definition) is 3. The predicted molar refractivity (Wildman–Crippen MR) is 121 cm³/mol. The summed E-state index contributed by atoms with van der Waals surface area (Å²) < 4.78 is 57.5. The van der Waals surface area contributed by atoms with Gasteiger partial charge in [0.15, 0.2) is 6.04 Å². The largest absolute Gasteiger partial charge is 0.336 e. The molecule has 13 heteroatoms. The lowest BCUT2D eigenvalue weighted by Gasteiger charge is -2.20. The van der Waals surface area contributed by atoms with Crippen molar-refractivity contribution < 1.29 is 35.9 Å². The number of amides is 2. The Morgan fingerprint density at radius 3 is 2.42 bits per heavy atom. The summed E-state index contributed by atoms with van der Waals surface area (Å²) in [5.74, 6) is -1.64. The van der Waals surface area contributed by atoms with Crippen molar-refractivity contribution in [3.05, 3.63) is 41.4 Å². The van der Waals surface area contributed by atoms with Crippen LogP contribution in [0.5, 0.6) is 0 Å². The fraction of sp³-hybridized carbons (Fsp3) is 0.500. The molecule has 1 aliphatic heterocycles. The van der Waals surface area contributed by atoms with Gasteiger partial charge in [-0.25, -0.2) is 8.42 Å². The first kappa shape index (κ1) is 24.3. The molecule has 1 heterocycles. The molecule has 1 aromatic rings. The van der Waals surface area contributed by atoms with Gasteiger partial charge in [-0.15, -0.1) is 6.58 Å². The van der Waals surface area contributed by atoms with E-state index < -0.39 is 54.9 Å². The van der Waals surface area contributed by atoms with E-state index in [2.05, 4.69) is 32.5 Å². The Hall–Kier alpha value is -1.80. The third kappa shape index (κ3) is 5.16. The standard InChI is InChI=1S/C20H24BrN3O7S2/c1-2-12-10-20(12,19(26)24-32(27,28)15-7-8-15)23-18(25)17-9-14(11-22-17)31-33(29,30)16-5-3-13(21)4-6-16/h2-6,12,14-15,17,22H,1,7-11H2,(H,23,25)(H,24,26)/p+1/t12?,14-,17-,20+/m0/s1. The Bertz CT molecular complexity index is 1180. The van der Waals surface area contributed by atoms with E-state index in [1.807, 2.05) is 0 Å². The highest BCUT2D eigenvalue weighted by molar-refractivity contribution is 9.10. The third-order valence-electron chi connectivity index (χ3n) is 6.15. The number of carbonyl (C=O) groups is 2. The molecule has 33 heavy (non-hydrogen) atoms. The molecular weight excluding hydrogens is 538 g/mol. The molecule has 0 aromatic heterocycles. The van der Waals surface area contributed by atoms with Crippen LogP contribution in [0.3, 0.4) is 0 Å². The van der Waals surface area contributed by atoms with Crippen molar-refractivity contribution in [2.75, 3.05) is 6.54 Å². The van der Waals surface area contributed by atoms with Gasteiger partial charge in [0.05, 0.1) is 10.1 Å². The molecular formula is C20H25BrN3O7S2+. The maximum atomic E-state index is 12.9. The van der Waals surface area contributed by atoms with Gasteiger partial charge in [-0.1, -0.05) is 22.0 Å². The highest BCUT2D eigenvalue weighted by Crippen LogP contribution is 2.45. The molecule has 0 bridgehead atoms. The van der Waals surface area contributed by atoms with Crippen LogP contribution in [0.15, 0.2) is 46.3 Å². The van der Waals surface area contributed by atoms with Crippen LogP contribution in [-0.4, -0.2) is 58.1 Å². The quantitative estimate of drug-likeness (QED) is 0.271. The lowest BCUT2D eigenvalue weighted by atomic mass is 10.1. The van der Waals surface area contributed by atoms with Gasteiger partial charge in [-0.2, -0.15) is 8.42 Å². The van der Waals surface area contributed by atoms with Gasteiger partial charge in [-0.05, 0) is 43.5 Å². The second-order valence-electron chi connectivity index (χ2n) is 8.62. The zero-order chi connectivity index (χ0) is 24.0. The second kappa shape index (κ2) is 8.77. The first-order valence-electron chi connectivity index (χ1n) is 10.5. The summed E-state index contributed by atoms with van der Waals surface area (Å²) in [6.45, 7) is 3.90. The number of nitrogens with one attached hydrogen (secondary N) is 2. The molecule has 10 nitrogen and oxygen atoms in total. The summed E-state index contributed by atoms with van der Waals surface area (Å²) in [6, 6.07) is 5.34. The summed E-state index contributed by atoms with van der Waals surface area (Å²) in [4.78, 5) is 25.7. The molecule has 1 unspecified atom stereocenters. The molecule has 180 valence electrons. The van der Waals surface area contributed by atoms with Crippen molar-refractivity contribution in [1.29, 1.82) is 0 Å². The molecule has 3 fully saturated rings. The van der Waals surface area contributed by atoms with Crippen molar-refractivity contribution in [3.63, 3.8) is 0 Å². The van der Waals surface area contributed by atoms with E-state index in [4.69, 9.17) is 4.18 Å². The maximum Gasteiger partial charge on any atom is 0.297 e. The van der Waals surface area contributed by atoms with Gasteiger partial charge in [0.25, 0.3) is 21.9 Å². The average molecular weight is 563 g/mol. The fourth-order valence-electron chi connectivity index (χ4n) is 3.95. The van der Waals surface area contributed by atoms with Crippen LogP contribution in [0.25, 0.3) is 0 Å². The van der Waals surface area contributed by atoms with Crippen molar-refractivity contribution in [2.24, 2.45) is 5.92 Å². The number of hydrogen-bond acceptors (Lipinski definition) is 7. The zero-order valence-corrected chi connectivity index (χ0v) is 20.8. The van der Waals surface area contributed by atoms with Crippen LogP contribution < -0.4 is 15.4 Å². The van der Waals surface area contributed by atoms with Crippen LogP contribution in [0.2, 0.25) is 0 Å². The van der Waals surface area contributed by atoms with E-state index in [9.17, 15) is 26.4 Å². The lowest BCUT2D eigenvalue weighted by molar-refractivity contribution is -0.659. The van der Waals surface area contributed by atoms with E-state index in [0.29, 0.717) is 12.8 Å². The molecule has 1 aromatic carbocycles. The zero-order valence-electron chi connectivity index (χ0n) is 17.6. The molecule has 0 spiro atoms. The average Bonchev–Trinajstić information content (AvgIpc) is 3.66. The molecule has 2 aliphatic carbocycles. The third-order valence-corrected chi connectivity index (χ3v) is 9.87. The maximum absolute atomic E-state index is 12.9. The number of benzene rings is 1. The Kier molecular flexibility index (Phi) is 6.46. The highest BCUT2D eigenvalue weighted by atomic mass is 79.9. The summed E-state index contributed by atoms with van der Waals surface area (Å²) >= 11 is 3.25. The number of carbonyl (C=O) groups excluding carboxylic acids is 2. The fourth-order valence-corrected chi connectivity index (χ4v) is 6.67. The smallest absolute Gasteiger partial charge is 0.297 e. The van der Waals surface area contributed by atoms with Crippen LogP contribution in [0.1, 0.15) is 25.7 Å². The van der Waals surface area contributed by atoms with Gasteiger partial charge in [0.1, 0.15) is 18.2 Å². The van der Waals surface area contributed by atoms with Crippen LogP contribution in [-0.2, 0) is 33.9 Å². The first-order chi connectivity index (χ1) is 15.5. The molecule has 0 radical (unpaired) electrons. The van der Waals surface area contributed by atoms with E-state index in [1.54, 1.807) is 17.4 Å². The van der Waals surface area contributed by atoms with Crippen molar-refractivity contribution in [3.8, 4) is 0 Å². The number of quaternary nitrogens is 1. The minimum atomic E-state index is -4.00. The van der Waals surface area contributed by atoms with Gasteiger partial charge < -0.3 is 10.6 Å². The summed E-state index contributed by atoms with van der Waals surface area (Å²) in [5, 5.41) is 3.77. The summed E-state index contributed by atoms with van der Waals surface area (Å²) in [6.07, 6.45) is 2.18. The van der Waals surface area contributed by atoms with Crippen LogP contribution in [0.4, 0.5) is 0 Å². The molecule has 4 N–H and O–H groups in total. The van der Waals surface area contributed by atoms with Gasteiger partial charge in [0.2, 0.25) is 10.0 Å². The molecule has 3 aliphatic rings. The normalized spacial score (nSPS) is 29.3. The monoisotopic (exact) mass is 562 g/mol. The van der Waals surface area contributed by atoms with Crippen LogP contribution >= 0.6 is 15.9 Å². The SMILES string of the molecule is C=CC1C[C@]1(NC(=O)[C@@H]1C[C@H](OS(=O)(=O)c2ccc(Br)cc2)C[NH2+]1)C(=O)NS(=O)(=O)C1CC1. The van der Waals surface area contributed by atoms with E-state index in [1.165, 1.54) is 18.2 Å². The summed E-state index contributed by atoms with van der Waals surface area (Å²) in [5.41, 5.74) is -1.36. The number of halogens is 1. The molecule has 4 rings (SSSR count). The minimum Gasteiger partial charge on any atom is -0.336 e. The lowest BCUT2D eigenvalue weighted by Crippen LogP contribution is -2.90. The Morgan fingerprint density at radius 1 is 1.18 bits per heavy atom. The Morgan fingerprint density at radius 2 is 1.85 bits per heavy atom. The van der Waals surface area contributed by atoms with Gasteiger partial charge in [-0.3, -0.25) is 18.5 Å². The first-order valence-corrected chi connectivity index (χ1v) is 14.2. The summed E-state index contributed by atoms with van der Waals surface area (Å²) in [7, 11) is -7.75. The minimum absolute atomic E-state index is 0.0119. The van der Waals surface area contributed by atoms with Gasteiger partial charge >= 0.3 is 0 Å². The second-order valence-corrected chi connectivity index (χ2v) is 13.1. The number of rotatable bonds is 9. The van der Waals surface area contributed by atoms with Crippen LogP contribution in [0, 0.1) is 5.92 Å². The van der Waals surface area contributed by atoms with E-state index in [-0.39, 0.29) is 30.2 Å². The molecule has 1 saturated heterocycles. The topological polar surface area (TPSA) is 152 Å². The highest BCUT2D eigenvalue weighted by Gasteiger charge is 2.61. The van der Waals surface area contributed by atoms with Crippen molar-refractivity contribution in [2.45, 2.75) is 53.5 Å². The molecule has 2 amide bonds. The molecule has 2 saturated carbocycles. The number of sulfonamides is 1. The number of nitrogens with two attached hydrogens (primary N) is 1. The van der Waals surface area contributed by atoms with Gasteiger partial charge in [0, 0.05) is 16.8 Å². The van der Waals surface area contributed by atoms with E-state index >= 15 is 0 Å². The molecule has 4 atom stereocenters. The predicted octanol–water partition coefficient (Wildman–Crippen LogP) is -0.472. The Balaban J connectivity index is 1.37. The Labute approximate surface area is 200 Å². The van der Waals surface area contributed by atoms with E-state index in [0.717, 1.165) is 4.47 Å². The van der Waals surface area contributed by atoms with Crippen molar-refractivity contribution in [1.82, 2.24) is 10.0 Å². The van der Waals surface area contributed by atoms with Crippen molar-refractivity contribution >= 4 is 47.9 Å².